The molecule has 1 aromatic rings. The van der Waals surface area contributed by atoms with Crippen LogP contribution >= 0.6 is 0 Å². The Labute approximate surface area is 120 Å². The lowest BCUT2D eigenvalue weighted by Gasteiger charge is -2.59. The fourth-order valence-electron chi connectivity index (χ4n) is 5.56. The largest absolute Gasteiger partial charge is 0.365 e. The van der Waals surface area contributed by atoms with Gasteiger partial charge in [-0.1, -0.05) is 0 Å². The minimum Gasteiger partial charge on any atom is -0.365 e. The molecule has 0 spiro atoms. The molecular weight excluding hydrogens is 251 g/mol. The first kappa shape index (κ1) is 12.6. The topological polar surface area (TPSA) is 24.9 Å². The molecule has 1 heterocycles. The average Bonchev–Trinajstić information content (AvgIpc) is 2.40. The van der Waals surface area contributed by atoms with E-state index in [1.807, 2.05) is 0 Å². The summed E-state index contributed by atoms with van der Waals surface area (Å²) >= 11 is 0. The molecule has 4 fully saturated rings. The molecule has 4 aliphatic carbocycles. The number of nitrogens with zero attached hydrogens (tertiary/aromatic N) is 1. The van der Waals surface area contributed by atoms with Crippen LogP contribution in [0.15, 0.2) is 18.3 Å². The molecule has 0 radical (unpaired) electrons. The summed E-state index contributed by atoms with van der Waals surface area (Å²) in [5.74, 6) is 2.98. The van der Waals surface area contributed by atoms with Gasteiger partial charge in [-0.2, -0.15) is 0 Å². The average molecular weight is 274 g/mol. The van der Waals surface area contributed by atoms with Gasteiger partial charge >= 0.3 is 0 Å². The Morgan fingerprint density at radius 2 is 1.80 bits per heavy atom. The summed E-state index contributed by atoms with van der Waals surface area (Å²) in [5, 5.41) is 3.38. The molecule has 0 aromatic carbocycles. The minimum absolute atomic E-state index is 0.232. The van der Waals surface area contributed by atoms with Crippen LogP contribution in [0.1, 0.15) is 45.4 Å². The number of aromatic nitrogens is 1. The lowest BCUT2D eigenvalue weighted by molar-refractivity contribution is -0.0603. The van der Waals surface area contributed by atoms with Crippen molar-refractivity contribution < 1.29 is 4.39 Å². The third kappa shape index (κ3) is 1.94. The molecular formula is C17H23FN2. The second-order valence-electron chi connectivity index (χ2n) is 7.48. The van der Waals surface area contributed by atoms with Crippen molar-refractivity contribution in [1.82, 2.24) is 4.98 Å². The zero-order valence-electron chi connectivity index (χ0n) is 12.1. The second kappa shape index (κ2) is 4.44. The molecule has 4 bridgehead atoms. The third-order valence-corrected chi connectivity index (χ3v) is 6.12. The maximum Gasteiger partial charge on any atom is 0.165 e. The van der Waals surface area contributed by atoms with Crippen LogP contribution < -0.4 is 5.32 Å². The van der Waals surface area contributed by atoms with E-state index in [4.69, 9.17) is 0 Å². The maximum absolute atomic E-state index is 13.8. The monoisotopic (exact) mass is 274 g/mol. The van der Waals surface area contributed by atoms with Crippen molar-refractivity contribution in [3.8, 4) is 0 Å². The molecule has 0 saturated heterocycles. The van der Waals surface area contributed by atoms with Gasteiger partial charge in [-0.3, -0.25) is 0 Å². The predicted octanol–water partition coefficient (Wildman–Crippen LogP) is 4.24. The van der Waals surface area contributed by atoms with Crippen LogP contribution in [0.3, 0.4) is 0 Å². The molecule has 5 rings (SSSR count). The zero-order chi connectivity index (χ0) is 13.7. The van der Waals surface area contributed by atoms with Crippen LogP contribution in [0.5, 0.6) is 0 Å². The highest BCUT2D eigenvalue weighted by Crippen LogP contribution is 2.61. The van der Waals surface area contributed by atoms with Gasteiger partial charge in [0, 0.05) is 12.2 Å². The van der Waals surface area contributed by atoms with Gasteiger partial charge in [-0.25, -0.2) is 9.37 Å². The van der Waals surface area contributed by atoms with E-state index in [1.165, 1.54) is 44.6 Å². The summed E-state index contributed by atoms with van der Waals surface area (Å²) in [6, 6.07) is 3.46. The lowest BCUT2D eigenvalue weighted by atomic mass is 9.48. The highest BCUT2D eigenvalue weighted by atomic mass is 19.1. The number of hydrogen-bond donors (Lipinski definition) is 1. The van der Waals surface area contributed by atoms with E-state index < -0.39 is 0 Å². The first-order chi connectivity index (χ1) is 9.64. The molecule has 4 aliphatic rings. The van der Waals surface area contributed by atoms with E-state index in [1.54, 1.807) is 12.3 Å². The van der Waals surface area contributed by atoms with E-state index in [-0.39, 0.29) is 5.82 Å². The third-order valence-electron chi connectivity index (χ3n) is 6.12. The molecule has 20 heavy (non-hydrogen) atoms. The molecule has 1 unspecified atom stereocenters. The standard InChI is InChI=1S/C17H23FN2/c1-11(20-16-15(18)3-2-4-19-16)17-8-12-5-13(9-17)7-14(6-12)10-17/h2-4,11-14H,5-10H2,1H3,(H,19,20). The Balaban J connectivity index is 1.56. The quantitative estimate of drug-likeness (QED) is 0.892. The van der Waals surface area contributed by atoms with Crippen LogP contribution in [0.4, 0.5) is 10.2 Å². The van der Waals surface area contributed by atoms with Crippen LogP contribution in [0.25, 0.3) is 0 Å². The number of pyridine rings is 1. The van der Waals surface area contributed by atoms with Crippen LogP contribution in [0.2, 0.25) is 0 Å². The molecule has 0 amide bonds. The van der Waals surface area contributed by atoms with E-state index >= 15 is 0 Å². The molecule has 4 saturated carbocycles. The molecule has 108 valence electrons. The number of halogens is 1. The summed E-state index contributed by atoms with van der Waals surface area (Å²) in [4.78, 5) is 4.16. The number of nitrogens with one attached hydrogen (secondary N) is 1. The van der Waals surface area contributed by atoms with E-state index in [0.29, 0.717) is 17.3 Å². The maximum atomic E-state index is 13.8. The lowest BCUT2D eigenvalue weighted by Crippen LogP contribution is -2.53. The Bertz CT molecular complexity index is 478. The fraction of sp³-hybridized carbons (Fsp3) is 0.706. The first-order valence-electron chi connectivity index (χ1n) is 8.02. The summed E-state index contributed by atoms with van der Waals surface area (Å²) in [5.41, 5.74) is 0.388. The normalized spacial score (nSPS) is 39.8. The van der Waals surface area contributed by atoms with Crippen LogP contribution in [0, 0.1) is 29.0 Å². The smallest absolute Gasteiger partial charge is 0.165 e. The van der Waals surface area contributed by atoms with Crippen molar-refractivity contribution >= 4 is 5.82 Å². The van der Waals surface area contributed by atoms with E-state index in [9.17, 15) is 4.39 Å². The van der Waals surface area contributed by atoms with Crippen molar-refractivity contribution in [2.75, 3.05) is 5.32 Å². The SMILES string of the molecule is CC(Nc1ncccc1F)C12CC3CC(CC(C3)C1)C2. The highest BCUT2D eigenvalue weighted by molar-refractivity contribution is 5.37. The van der Waals surface area contributed by atoms with Gasteiger partial charge in [0.05, 0.1) is 0 Å². The highest BCUT2D eigenvalue weighted by Gasteiger charge is 2.53. The van der Waals surface area contributed by atoms with Crippen molar-refractivity contribution in [3.63, 3.8) is 0 Å². The Kier molecular flexibility index (Phi) is 2.80. The number of hydrogen-bond acceptors (Lipinski definition) is 2. The van der Waals surface area contributed by atoms with Gasteiger partial charge < -0.3 is 5.32 Å². The fourth-order valence-corrected chi connectivity index (χ4v) is 5.56. The zero-order valence-corrected chi connectivity index (χ0v) is 12.1. The predicted molar refractivity (Wildman–Crippen MR) is 77.9 cm³/mol. The van der Waals surface area contributed by atoms with Crippen molar-refractivity contribution in [2.24, 2.45) is 23.2 Å². The summed E-state index contributed by atoms with van der Waals surface area (Å²) < 4.78 is 13.8. The van der Waals surface area contributed by atoms with Gasteiger partial charge in [0.15, 0.2) is 11.6 Å². The summed E-state index contributed by atoms with van der Waals surface area (Å²) in [7, 11) is 0. The Hall–Kier alpha value is -1.12. The summed E-state index contributed by atoms with van der Waals surface area (Å²) in [6.45, 7) is 2.24. The van der Waals surface area contributed by atoms with Crippen molar-refractivity contribution in [3.05, 3.63) is 24.1 Å². The summed E-state index contributed by atoms with van der Waals surface area (Å²) in [6.07, 6.45) is 10.0. The Morgan fingerprint density at radius 3 is 2.35 bits per heavy atom. The van der Waals surface area contributed by atoms with Crippen molar-refractivity contribution in [2.45, 2.75) is 51.5 Å². The molecule has 1 atom stereocenters. The first-order valence-corrected chi connectivity index (χ1v) is 8.02. The molecule has 0 aliphatic heterocycles. The van der Waals surface area contributed by atoms with Gasteiger partial charge in [-0.05, 0) is 80.8 Å². The van der Waals surface area contributed by atoms with E-state index in [2.05, 4.69) is 17.2 Å². The van der Waals surface area contributed by atoms with Crippen LogP contribution in [-0.2, 0) is 0 Å². The van der Waals surface area contributed by atoms with Gasteiger partial charge in [0.1, 0.15) is 0 Å². The van der Waals surface area contributed by atoms with Gasteiger partial charge in [-0.15, -0.1) is 0 Å². The minimum atomic E-state index is -0.232. The van der Waals surface area contributed by atoms with Gasteiger partial charge in [0.2, 0.25) is 0 Å². The van der Waals surface area contributed by atoms with Gasteiger partial charge in [0.25, 0.3) is 0 Å². The number of rotatable bonds is 3. The molecule has 1 aromatic heterocycles. The van der Waals surface area contributed by atoms with E-state index in [0.717, 1.165) is 17.8 Å². The molecule has 1 N–H and O–H groups in total. The second-order valence-corrected chi connectivity index (χ2v) is 7.48. The Morgan fingerprint density at radius 1 is 1.20 bits per heavy atom. The molecule has 2 nitrogen and oxygen atoms in total. The number of anilines is 1. The van der Waals surface area contributed by atoms with Crippen molar-refractivity contribution in [1.29, 1.82) is 0 Å². The molecule has 3 heteroatoms. The van der Waals surface area contributed by atoms with Crippen LogP contribution in [-0.4, -0.2) is 11.0 Å².